The van der Waals surface area contributed by atoms with E-state index in [2.05, 4.69) is 21.4 Å². The zero-order chi connectivity index (χ0) is 14.5. The maximum absolute atomic E-state index is 14.1. The third kappa shape index (κ3) is 3.36. The first-order chi connectivity index (χ1) is 9.65. The average molecular weight is 339 g/mol. The summed E-state index contributed by atoms with van der Waals surface area (Å²) in [6.07, 6.45) is 0.563. The molecule has 0 bridgehead atoms. The topological polar surface area (TPSA) is 47.3 Å². The molecule has 3 N–H and O–H groups in total. The van der Waals surface area contributed by atoms with Gasteiger partial charge in [0.1, 0.15) is 11.6 Å². The van der Waals surface area contributed by atoms with Crippen LogP contribution < -0.4 is 16.0 Å². The lowest BCUT2D eigenvalue weighted by Crippen LogP contribution is -2.30. The molecule has 0 aliphatic carbocycles. The monoisotopic (exact) mass is 338 g/mol. The summed E-state index contributed by atoms with van der Waals surface area (Å²) in [6, 6.07) is 12.2. The van der Waals surface area contributed by atoms with Gasteiger partial charge in [-0.15, -0.1) is 0 Å². The Morgan fingerprint density at radius 2 is 2.05 bits per heavy atom. The summed E-state index contributed by atoms with van der Waals surface area (Å²) < 4.78 is 20.3. The normalized spacial score (nSPS) is 12.2. The highest BCUT2D eigenvalue weighted by Crippen LogP contribution is 2.30. The van der Waals surface area contributed by atoms with Gasteiger partial charge in [0.25, 0.3) is 0 Å². The molecule has 0 radical (unpaired) electrons. The van der Waals surface area contributed by atoms with Gasteiger partial charge in [-0.25, -0.2) is 4.39 Å². The van der Waals surface area contributed by atoms with Crippen molar-refractivity contribution in [3.8, 4) is 5.75 Å². The summed E-state index contributed by atoms with van der Waals surface area (Å²) in [5.74, 6) is 5.76. The summed E-state index contributed by atoms with van der Waals surface area (Å²) in [7, 11) is 1.52. The number of rotatable bonds is 5. The molecule has 20 heavy (non-hydrogen) atoms. The minimum absolute atomic E-state index is 0.331. The first kappa shape index (κ1) is 15.0. The minimum Gasteiger partial charge on any atom is -0.496 e. The Morgan fingerprint density at radius 1 is 1.30 bits per heavy atom. The summed E-state index contributed by atoms with van der Waals surface area (Å²) >= 11 is 3.42. The number of ether oxygens (including phenoxy) is 1. The molecule has 0 saturated carbocycles. The highest BCUT2D eigenvalue weighted by Gasteiger charge is 2.19. The van der Waals surface area contributed by atoms with Crippen LogP contribution in [0.3, 0.4) is 0 Å². The molecule has 5 heteroatoms. The Labute approximate surface area is 126 Å². The van der Waals surface area contributed by atoms with Crippen molar-refractivity contribution in [2.24, 2.45) is 5.84 Å². The zero-order valence-electron chi connectivity index (χ0n) is 11.1. The van der Waals surface area contributed by atoms with Crippen LogP contribution >= 0.6 is 15.9 Å². The lowest BCUT2D eigenvalue weighted by molar-refractivity contribution is 0.390. The molecule has 2 aromatic carbocycles. The molecule has 0 aliphatic heterocycles. The van der Waals surface area contributed by atoms with Gasteiger partial charge >= 0.3 is 0 Å². The highest BCUT2D eigenvalue weighted by molar-refractivity contribution is 9.10. The summed E-state index contributed by atoms with van der Waals surface area (Å²) in [5.41, 5.74) is 4.16. The lowest BCUT2D eigenvalue weighted by Gasteiger charge is -2.20. The molecular weight excluding hydrogens is 323 g/mol. The van der Waals surface area contributed by atoms with E-state index in [1.54, 1.807) is 12.1 Å². The van der Waals surface area contributed by atoms with Crippen molar-refractivity contribution in [1.29, 1.82) is 0 Å². The van der Waals surface area contributed by atoms with Crippen LogP contribution in [0.25, 0.3) is 0 Å². The van der Waals surface area contributed by atoms with Gasteiger partial charge in [0.05, 0.1) is 13.2 Å². The van der Waals surface area contributed by atoms with E-state index in [0.29, 0.717) is 17.7 Å². The van der Waals surface area contributed by atoms with Crippen molar-refractivity contribution in [3.05, 3.63) is 63.9 Å². The van der Waals surface area contributed by atoms with Crippen molar-refractivity contribution in [2.45, 2.75) is 12.5 Å². The predicted molar refractivity (Wildman–Crippen MR) is 80.9 cm³/mol. The third-order valence-electron chi connectivity index (χ3n) is 3.11. The first-order valence-electron chi connectivity index (χ1n) is 6.18. The quantitative estimate of drug-likeness (QED) is 0.649. The van der Waals surface area contributed by atoms with Crippen LogP contribution in [0.1, 0.15) is 17.2 Å². The van der Waals surface area contributed by atoms with E-state index >= 15 is 0 Å². The van der Waals surface area contributed by atoms with Gasteiger partial charge < -0.3 is 4.74 Å². The molecule has 0 aromatic heterocycles. The fourth-order valence-electron chi connectivity index (χ4n) is 2.18. The van der Waals surface area contributed by atoms with Gasteiger partial charge in [-0.2, -0.15) is 0 Å². The molecule has 0 amide bonds. The van der Waals surface area contributed by atoms with Crippen LogP contribution in [0.2, 0.25) is 0 Å². The number of methoxy groups -OCH3 is 1. The van der Waals surface area contributed by atoms with Crippen LogP contribution in [0, 0.1) is 5.82 Å². The molecule has 0 spiro atoms. The number of nitrogens with two attached hydrogens (primary N) is 1. The van der Waals surface area contributed by atoms with E-state index in [1.165, 1.54) is 13.2 Å². The maximum Gasteiger partial charge on any atom is 0.131 e. The van der Waals surface area contributed by atoms with E-state index < -0.39 is 0 Å². The van der Waals surface area contributed by atoms with E-state index in [4.69, 9.17) is 10.6 Å². The van der Waals surface area contributed by atoms with Gasteiger partial charge in [-0.3, -0.25) is 11.3 Å². The number of hydrogen-bond acceptors (Lipinski definition) is 3. The van der Waals surface area contributed by atoms with E-state index in [-0.39, 0.29) is 11.9 Å². The molecule has 0 aliphatic rings. The molecule has 3 nitrogen and oxygen atoms in total. The molecule has 1 unspecified atom stereocenters. The largest absolute Gasteiger partial charge is 0.496 e. The summed E-state index contributed by atoms with van der Waals surface area (Å²) in [4.78, 5) is 0. The molecule has 0 heterocycles. The molecule has 106 valence electrons. The Morgan fingerprint density at radius 3 is 2.70 bits per heavy atom. The smallest absolute Gasteiger partial charge is 0.131 e. The molecule has 2 aromatic rings. The minimum atomic E-state index is -0.361. The number of hydrogen-bond donors (Lipinski definition) is 2. The van der Waals surface area contributed by atoms with Crippen LogP contribution in [0.15, 0.2) is 46.9 Å². The lowest BCUT2D eigenvalue weighted by atomic mass is 9.98. The second-order valence-corrected chi connectivity index (χ2v) is 5.32. The van der Waals surface area contributed by atoms with E-state index in [9.17, 15) is 4.39 Å². The number of halogens is 2. The number of benzene rings is 2. The molecule has 2 rings (SSSR count). The van der Waals surface area contributed by atoms with Gasteiger partial charge in [-0.05, 0) is 36.2 Å². The Bertz CT molecular complexity index is 592. The summed E-state index contributed by atoms with van der Waals surface area (Å²) in [6.45, 7) is 0. The predicted octanol–water partition coefficient (Wildman–Crippen LogP) is 3.34. The van der Waals surface area contributed by atoms with Crippen molar-refractivity contribution in [2.75, 3.05) is 7.11 Å². The standard InChI is InChI=1S/C15H16BrFN2O/c1-20-14-7-3-6-12(17)15(14)13(19-18)9-10-4-2-5-11(16)8-10/h2-8,13,19H,9,18H2,1H3. The Kier molecular flexibility index (Phi) is 5.11. The fraction of sp³-hybridized carbons (Fsp3) is 0.200. The van der Waals surface area contributed by atoms with Crippen molar-refractivity contribution in [3.63, 3.8) is 0 Å². The van der Waals surface area contributed by atoms with Crippen molar-refractivity contribution < 1.29 is 9.13 Å². The van der Waals surface area contributed by atoms with Gasteiger partial charge in [0.15, 0.2) is 0 Å². The number of nitrogens with one attached hydrogen (secondary N) is 1. The van der Waals surface area contributed by atoms with Crippen LogP contribution in [0.4, 0.5) is 4.39 Å². The van der Waals surface area contributed by atoms with Crippen LogP contribution in [-0.4, -0.2) is 7.11 Å². The zero-order valence-corrected chi connectivity index (χ0v) is 12.7. The maximum atomic E-state index is 14.1. The summed E-state index contributed by atoms with van der Waals surface area (Å²) in [5, 5.41) is 0. The fourth-order valence-corrected chi connectivity index (χ4v) is 2.62. The van der Waals surface area contributed by atoms with Gasteiger partial charge in [0, 0.05) is 10.0 Å². The second kappa shape index (κ2) is 6.83. The van der Waals surface area contributed by atoms with E-state index in [1.807, 2.05) is 24.3 Å². The first-order valence-corrected chi connectivity index (χ1v) is 6.98. The van der Waals surface area contributed by atoms with Crippen molar-refractivity contribution >= 4 is 15.9 Å². The Hall–Kier alpha value is -1.43. The van der Waals surface area contributed by atoms with Crippen LogP contribution in [-0.2, 0) is 6.42 Å². The van der Waals surface area contributed by atoms with Gasteiger partial charge in [0.2, 0.25) is 0 Å². The SMILES string of the molecule is COc1cccc(F)c1C(Cc1cccc(Br)c1)NN. The third-order valence-corrected chi connectivity index (χ3v) is 3.60. The average Bonchev–Trinajstić information content (AvgIpc) is 2.45. The molecule has 0 saturated heterocycles. The second-order valence-electron chi connectivity index (χ2n) is 4.41. The number of hydrazine groups is 1. The van der Waals surface area contributed by atoms with Crippen molar-refractivity contribution in [1.82, 2.24) is 5.43 Å². The Balaban J connectivity index is 2.33. The van der Waals surface area contributed by atoms with E-state index in [0.717, 1.165) is 10.0 Å². The molecule has 1 atom stereocenters. The molecule has 0 fully saturated rings. The van der Waals surface area contributed by atoms with Crippen LogP contribution in [0.5, 0.6) is 5.75 Å². The van der Waals surface area contributed by atoms with Gasteiger partial charge in [-0.1, -0.05) is 34.1 Å². The molecular formula is C15H16BrFN2O. The highest BCUT2D eigenvalue weighted by atomic mass is 79.9.